The van der Waals surface area contributed by atoms with Gasteiger partial charge < -0.3 is 14.6 Å². The van der Waals surface area contributed by atoms with E-state index in [1.807, 2.05) is 42.0 Å². The summed E-state index contributed by atoms with van der Waals surface area (Å²) in [7, 11) is 1.64. The fourth-order valence-corrected chi connectivity index (χ4v) is 2.56. The zero-order chi connectivity index (χ0) is 16.9. The molecule has 0 aliphatic heterocycles. The number of hydrogen-bond donors (Lipinski definition) is 1. The molecule has 0 aliphatic carbocycles. The Bertz CT molecular complexity index is 792. The second kappa shape index (κ2) is 7.22. The Hall–Kier alpha value is -2.74. The van der Waals surface area contributed by atoms with Crippen LogP contribution >= 0.6 is 0 Å². The number of rotatable bonds is 7. The Morgan fingerprint density at radius 2 is 2.21 bits per heavy atom. The van der Waals surface area contributed by atoms with Crippen molar-refractivity contribution in [1.82, 2.24) is 29.9 Å². The number of benzene rings is 1. The van der Waals surface area contributed by atoms with Crippen LogP contribution in [0.2, 0.25) is 0 Å². The maximum Gasteiger partial charge on any atom is 0.242 e. The molecular weight excluding hydrogens is 308 g/mol. The van der Waals surface area contributed by atoms with Gasteiger partial charge in [0.25, 0.3) is 0 Å². The van der Waals surface area contributed by atoms with Crippen LogP contribution in [0.15, 0.2) is 36.8 Å². The van der Waals surface area contributed by atoms with Crippen LogP contribution in [0.4, 0.5) is 0 Å². The maximum absolute atomic E-state index is 12.3. The van der Waals surface area contributed by atoms with E-state index in [1.54, 1.807) is 18.1 Å². The molecule has 3 aromatic rings. The molecule has 0 unspecified atom stereocenters. The van der Waals surface area contributed by atoms with Gasteiger partial charge in [-0.25, -0.2) is 0 Å². The van der Waals surface area contributed by atoms with E-state index in [4.69, 9.17) is 4.74 Å². The standard InChI is InChI=1S/C16H20N6O2/c1-12(16-19-17-11-21(16)7-8-24-2)18-15(23)10-22-9-13-5-3-4-6-14(13)20-22/h3-6,9,11-12H,7-8,10H2,1-2H3,(H,18,23)/t12-/m1/s1. The lowest BCUT2D eigenvalue weighted by Crippen LogP contribution is -2.32. The van der Waals surface area contributed by atoms with Gasteiger partial charge in [-0.2, -0.15) is 5.10 Å². The highest BCUT2D eigenvalue weighted by Crippen LogP contribution is 2.12. The van der Waals surface area contributed by atoms with Crippen molar-refractivity contribution in [3.63, 3.8) is 0 Å². The van der Waals surface area contributed by atoms with Gasteiger partial charge in [-0.05, 0) is 13.0 Å². The second-order valence-electron chi connectivity index (χ2n) is 5.55. The number of carbonyl (C=O) groups excluding carboxylic acids is 1. The molecule has 126 valence electrons. The lowest BCUT2D eigenvalue weighted by molar-refractivity contribution is -0.122. The second-order valence-corrected chi connectivity index (χ2v) is 5.55. The highest BCUT2D eigenvalue weighted by molar-refractivity contribution is 5.79. The van der Waals surface area contributed by atoms with Gasteiger partial charge in [0.05, 0.1) is 18.2 Å². The third-order valence-electron chi connectivity index (χ3n) is 3.71. The molecule has 8 heteroatoms. The normalized spacial score (nSPS) is 12.4. The molecule has 0 fully saturated rings. The van der Waals surface area contributed by atoms with E-state index >= 15 is 0 Å². The van der Waals surface area contributed by atoms with Gasteiger partial charge in [-0.1, -0.05) is 18.2 Å². The third-order valence-corrected chi connectivity index (χ3v) is 3.71. The average Bonchev–Trinajstić information content (AvgIpc) is 3.18. The van der Waals surface area contributed by atoms with Crippen molar-refractivity contribution in [2.45, 2.75) is 26.1 Å². The predicted octanol–water partition coefficient (Wildman–Crippen LogP) is 1.15. The van der Waals surface area contributed by atoms with Gasteiger partial charge in [-0.15, -0.1) is 10.2 Å². The van der Waals surface area contributed by atoms with Crippen molar-refractivity contribution in [1.29, 1.82) is 0 Å². The summed E-state index contributed by atoms with van der Waals surface area (Å²) < 4.78 is 8.58. The summed E-state index contributed by atoms with van der Waals surface area (Å²) in [6, 6.07) is 7.52. The van der Waals surface area contributed by atoms with Gasteiger partial charge in [0.15, 0.2) is 5.82 Å². The number of hydrogen-bond acceptors (Lipinski definition) is 5. The molecule has 24 heavy (non-hydrogen) atoms. The minimum atomic E-state index is -0.248. The Morgan fingerprint density at radius 1 is 1.38 bits per heavy atom. The molecule has 1 atom stereocenters. The highest BCUT2D eigenvalue weighted by atomic mass is 16.5. The first-order valence-electron chi connectivity index (χ1n) is 7.75. The van der Waals surface area contributed by atoms with Crippen molar-refractivity contribution < 1.29 is 9.53 Å². The Kier molecular flexibility index (Phi) is 4.85. The Balaban J connectivity index is 1.62. The number of nitrogens with zero attached hydrogens (tertiary/aromatic N) is 5. The molecule has 0 saturated carbocycles. The van der Waals surface area contributed by atoms with E-state index in [9.17, 15) is 4.79 Å². The fraction of sp³-hybridized carbons (Fsp3) is 0.375. The number of carbonyl (C=O) groups is 1. The van der Waals surface area contributed by atoms with Crippen LogP contribution < -0.4 is 5.32 Å². The van der Waals surface area contributed by atoms with Gasteiger partial charge in [-0.3, -0.25) is 9.48 Å². The van der Waals surface area contributed by atoms with Crippen LogP contribution in [0.3, 0.4) is 0 Å². The number of ether oxygens (including phenoxy) is 1. The number of fused-ring (bicyclic) bond motifs is 1. The number of nitrogens with one attached hydrogen (secondary N) is 1. The maximum atomic E-state index is 12.3. The summed E-state index contributed by atoms with van der Waals surface area (Å²) >= 11 is 0. The van der Waals surface area contributed by atoms with Gasteiger partial charge >= 0.3 is 0 Å². The molecule has 0 radical (unpaired) electrons. The molecule has 1 aromatic carbocycles. The number of amides is 1. The quantitative estimate of drug-likeness (QED) is 0.703. The summed E-state index contributed by atoms with van der Waals surface area (Å²) in [6.07, 6.45) is 3.50. The molecule has 2 aromatic heterocycles. The molecule has 8 nitrogen and oxygen atoms in total. The summed E-state index contributed by atoms with van der Waals surface area (Å²) in [4.78, 5) is 12.3. The van der Waals surface area contributed by atoms with Crippen LogP contribution in [-0.4, -0.2) is 44.2 Å². The zero-order valence-electron chi connectivity index (χ0n) is 13.7. The zero-order valence-corrected chi connectivity index (χ0v) is 13.7. The van der Waals surface area contributed by atoms with E-state index in [0.29, 0.717) is 19.0 Å². The lowest BCUT2D eigenvalue weighted by atomic mass is 10.3. The average molecular weight is 328 g/mol. The van der Waals surface area contributed by atoms with Crippen molar-refractivity contribution in [2.75, 3.05) is 13.7 Å². The molecule has 1 amide bonds. The summed E-state index contributed by atoms with van der Waals surface area (Å²) in [6.45, 7) is 3.24. The van der Waals surface area contributed by atoms with E-state index in [0.717, 1.165) is 10.9 Å². The van der Waals surface area contributed by atoms with E-state index in [1.165, 1.54) is 0 Å². The van der Waals surface area contributed by atoms with Gasteiger partial charge in [0.1, 0.15) is 12.9 Å². The first-order chi connectivity index (χ1) is 11.7. The molecule has 2 heterocycles. The number of aromatic nitrogens is 5. The third kappa shape index (κ3) is 3.60. The molecule has 0 aliphatic rings. The van der Waals surface area contributed by atoms with Crippen LogP contribution in [0.5, 0.6) is 0 Å². The topological polar surface area (TPSA) is 86.9 Å². The first kappa shape index (κ1) is 16.1. The minimum Gasteiger partial charge on any atom is -0.383 e. The Morgan fingerprint density at radius 3 is 3.00 bits per heavy atom. The van der Waals surface area contributed by atoms with E-state index in [-0.39, 0.29) is 18.5 Å². The molecule has 0 saturated heterocycles. The van der Waals surface area contributed by atoms with Gasteiger partial charge in [0.2, 0.25) is 5.91 Å². The van der Waals surface area contributed by atoms with E-state index in [2.05, 4.69) is 20.6 Å². The van der Waals surface area contributed by atoms with Crippen molar-refractivity contribution in [3.8, 4) is 0 Å². The highest BCUT2D eigenvalue weighted by Gasteiger charge is 2.16. The summed E-state index contributed by atoms with van der Waals surface area (Å²) in [5.74, 6) is 0.572. The van der Waals surface area contributed by atoms with Crippen LogP contribution in [0.1, 0.15) is 18.8 Å². The minimum absolute atomic E-state index is 0.128. The first-order valence-corrected chi connectivity index (χ1v) is 7.75. The predicted molar refractivity (Wildman–Crippen MR) is 88.2 cm³/mol. The summed E-state index contributed by atoms with van der Waals surface area (Å²) in [5.41, 5.74) is 0.873. The molecule has 0 spiro atoms. The van der Waals surface area contributed by atoms with Crippen molar-refractivity contribution in [2.24, 2.45) is 0 Å². The molecule has 1 N–H and O–H groups in total. The molecular formula is C16H20N6O2. The van der Waals surface area contributed by atoms with Crippen LogP contribution in [-0.2, 0) is 22.6 Å². The van der Waals surface area contributed by atoms with Crippen LogP contribution in [0, 0.1) is 0 Å². The Labute approximate surface area is 139 Å². The van der Waals surface area contributed by atoms with Crippen molar-refractivity contribution >= 4 is 16.8 Å². The van der Waals surface area contributed by atoms with Crippen LogP contribution in [0.25, 0.3) is 10.9 Å². The number of methoxy groups -OCH3 is 1. The van der Waals surface area contributed by atoms with Gasteiger partial charge in [0, 0.05) is 25.2 Å². The smallest absolute Gasteiger partial charge is 0.242 e. The monoisotopic (exact) mass is 328 g/mol. The lowest BCUT2D eigenvalue weighted by Gasteiger charge is -2.14. The summed E-state index contributed by atoms with van der Waals surface area (Å²) in [5, 5.41) is 16.3. The molecule has 0 bridgehead atoms. The molecule has 3 rings (SSSR count). The van der Waals surface area contributed by atoms with E-state index < -0.39 is 0 Å². The largest absolute Gasteiger partial charge is 0.383 e. The SMILES string of the molecule is COCCn1cnnc1[C@@H](C)NC(=O)Cn1cc2ccccc2n1. The fourth-order valence-electron chi connectivity index (χ4n) is 2.56. The van der Waals surface area contributed by atoms with Crippen molar-refractivity contribution in [3.05, 3.63) is 42.6 Å².